The SMILES string of the molecule is O=C(c1cc(=O)[nH]c(C2CC2)n1)N1C[C@@H]2C[C@H]1CO2. The maximum atomic E-state index is 12.4. The lowest BCUT2D eigenvalue weighted by atomic mass is 10.2. The summed E-state index contributed by atoms with van der Waals surface area (Å²) in [5.74, 6) is 0.860. The summed E-state index contributed by atoms with van der Waals surface area (Å²) in [5, 5.41) is 0. The lowest BCUT2D eigenvalue weighted by Crippen LogP contribution is -2.42. The van der Waals surface area contributed by atoms with Crippen molar-refractivity contribution in [1.29, 1.82) is 0 Å². The molecular formula is C13H15N3O3. The number of ether oxygens (including phenoxy) is 1. The van der Waals surface area contributed by atoms with E-state index < -0.39 is 0 Å². The van der Waals surface area contributed by atoms with Crippen LogP contribution in [0, 0.1) is 0 Å². The Morgan fingerprint density at radius 2 is 2.32 bits per heavy atom. The van der Waals surface area contributed by atoms with Crippen LogP contribution in [0.3, 0.4) is 0 Å². The summed E-state index contributed by atoms with van der Waals surface area (Å²) in [6.45, 7) is 1.23. The molecule has 1 amide bonds. The number of fused-ring (bicyclic) bond motifs is 2. The van der Waals surface area contributed by atoms with Crippen molar-refractivity contribution in [3.8, 4) is 0 Å². The zero-order valence-corrected chi connectivity index (χ0v) is 10.5. The number of nitrogens with zero attached hydrogens (tertiary/aromatic N) is 2. The first-order valence-electron chi connectivity index (χ1n) is 6.74. The van der Waals surface area contributed by atoms with Crippen LogP contribution in [0.1, 0.15) is 41.5 Å². The van der Waals surface area contributed by atoms with E-state index in [4.69, 9.17) is 4.74 Å². The van der Waals surface area contributed by atoms with Crippen LogP contribution >= 0.6 is 0 Å². The Balaban J connectivity index is 1.64. The van der Waals surface area contributed by atoms with Crippen molar-refractivity contribution in [2.45, 2.75) is 37.3 Å². The van der Waals surface area contributed by atoms with E-state index in [1.165, 1.54) is 6.07 Å². The van der Waals surface area contributed by atoms with Crippen LogP contribution in [0.2, 0.25) is 0 Å². The fourth-order valence-corrected chi connectivity index (χ4v) is 2.93. The normalized spacial score (nSPS) is 28.9. The molecule has 3 heterocycles. The predicted octanol–water partition coefficient (Wildman–Crippen LogP) is 0.261. The average molecular weight is 261 g/mol. The van der Waals surface area contributed by atoms with Gasteiger partial charge >= 0.3 is 0 Å². The number of hydrogen-bond donors (Lipinski definition) is 1. The van der Waals surface area contributed by atoms with E-state index in [0.717, 1.165) is 19.3 Å². The number of likely N-dealkylation sites (tertiary alicyclic amines) is 1. The molecule has 1 N–H and O–H groups in total. The summed E-state index contributed by atoms with van der Waals surface area (Å²) in [6.07, 6.45) is 3.16. The Morgan fingerprint density at radius 3 is 2.95 bits per heavy atom. The van der Waals surface area contributed by atoms with Gasteiger partial charge in [0.2, 0.25) is 0 Å². The van der Waals surface area contributed by atoms with Crippen molar-refractivity contribution >= 4 is 5.91 Å². The van der Waals surface area contributed by atoms with Gasteiger partial charge in [0.05, 0.1) is 18.8 Å². The molecule has 2 saturated heterocycles. The van der Waals surface area contributed by atoms with Crippen molar-refractivity contribution in [3.63, 3.8) is 0 Å². The van der Waals surface area contributed by atoms with E-state index in [2.05, 4.69) is 9.97 Å². The molecule has 4 rings (SSSR count). The van der Waals surface area contributed by atoms with Gasteiger partial charge in [0, 0.05) is 18.5 Å². The number of nitrogens with one attached hydrogen (secondary N) is 1. The number of carbonyl (C=O) groups is 1. The van der Waals surface area contributed by atoms with Gasteiger partial charge in [-0.3, -0.25) is 9.59 Å². The molecule has 1 saturated carbocycles. The highest BCUT2D eigenvalue weighted by molar-refractivity contribution is 5.92. The summed E-state index contributed by atoms with van der Waals surface area (Å²) in [6, 6.07) is 1.46. The van der Waals surface area contributed by atoms with Gasteiger partial charge in [-0.2, -0.15) is 0 Å². The molecule has 1 aliphatic carbocycles. The minimum atomic E-state index is -0.235. The second kappa shape index (κ2) is 3.90. The largest absolute Gasteiger partial charge is 0.374 e. The number of rotatable bonds is 2. The highest BCUT2D eigenvalue weighted by atomic mass is 16.5. The highest BCUT2D eigenvalue weighted by Crippen LogP contribution is 2.37. The third-order valence-corrected chi connectivity index (χ3v) is 4.10. The minimum absolute atomic E-state index is 0.135. The molecule has 2 bridgehead atoms. The van der Waals surface area contributed by atoms with Gasteiger partial charge in [-0.15, -0.1) is 0 Å². The highest BCUT2D eigenvalue weighted by Gasteiger charge is 2.42. The Morgan fingerprint density at radius 1 is 1.47 bits per heavy atom. The standard InChI is InChI=1S/C13H15N3O3/c17-11-4-10(14-12(15-11)7-1-2-7)13(18)16-5-9-3-8(16)6-19-9/h4,7-9H,1-3,5-6H2,(H,14,15,17)/t8-,9-/m0/s1. The average Bonchev–Trinajstić information content (AvgIpc) is 3.05. The molecule has 6 heteroatoms. The summed E-state index contributed by atoms with van der Waals surface area (Å²) in [4.78, 5) is 32.9. The van der Waals surface area contributed by atoms with Crippen LogP contribution in [0.25, 0.3) is 0 Å². The quantitative estimate of drug-likeness (QED) is 0.828. The van der Waals surface area contributed by atoms with Gasteiger partial charge in [-0.1, -0.05) is 0 Å². The molecular weight excluding hydrogens is 246 g/mol. The van der Waals surface area contributed by atoms with E-state index in [0.29, 0.717) is 24.9 Å². The maximum absolute atomic E-state index is 12.4. The van der Waals surface area contributed by atoms with Crippen molar-refractivity contribution in [2.75, 3.05) is 13.2 Å². The lowest BCUT2D eigenvalue weighted by Gasteiger charge is -2.26. The van der Waals surface area contributed by atoms with Crippen LogP contribution in [0.5, 0.6) is 0 Å². The fraction of sp³-hybridized carbons (Fsp3) is 0.615. The lowest BCUT2D eigenvalue weighted by molar-refractivity contribution is 0.0255. The topological polar surface area (TPSA) is 75.3 Å². The fourth-order valence-electron chi connectivity index (χ4n) is 2.93. The molecule has 100 valence electrons. The molecule has 0 radical (unpaired) electrons. The minimum Gasteiger partial charge on any atom is -0.374 e. The zero-order valence-electron chi connectivity index (χ0n) is 10.5. The van der Waals surface area contributed by atoms with Crippen LogP contribution in [0.4, 0.5) is 0 Å². The van der Waals surface area contributed by atoms with Gasteiger partial charge in [0.1, 0.15) is 11.5 Å². The molecule has 2 aliphatic heterocycles. The van der Waals surface area contributed by atoms with Crippen LogP contribution < -0.4 is 5.56 Å². The van der Waals surface area contributed by atoms with Crippen molar-refractivity contribution in [3.05, 3.63) is 27.9 Å². The number of morpholine rings is 1. The van der Waals surface area contributed by atoms with Gasteiger partial charge in [-0.25, -0.2) is 4.98 Å². The number of H-pyrrole nitrogens is 1. The first-order valence-corrected chi connectivity index (χ1v) is 6.74. The zero-order chi connectivity index (χ0) is 13.0. The molecule has 3 fully saturated rings. The summed E-state index contributed by atoms with van der Waals surface area (Å²) < 4.78 is 5.48. The molecule has 0 unspecified atom stereocenters. The number of aromatic amines is 1. The van der Waals surface area contributed by atoms with E-state index >= 15 is 0 Å². The molecule has 1 aromatic heterocycles. The third kappa shape index (κ3) is 1.87. The molecule has 0 aromatic carbocycles. The van der Waals surface area contributed by atoms with Gasteiger partial charge in [-0.05, 0) is 19.3 Å². The van der Waals surface area contributed by atoms with E-state index in [1.807, 2.05) is 0 Å². The second-order valence-electron chi connectivity index (χ2n) is 5.59. The second-order valence-corrected chi connectivity index (χ2v) is 5.59. The molecule has 19 heavy (non-hydrogen) atoms. The third-order valence-electron chi connectivity index (χ3n) is 4.10. The van der Waals surface area contributed by atoms with Crippen LogP contribution in [-0.4, -0.2) is 46.1 Å². The Kier molecular flexibility index (Phi) is 2.29. The van der Waals surface area contributed by atoms with E-state index in [9.17, 15) is 9.59 Å². The van der Waals surface area contributed by atoms with Crippen molar-refractivity contribution in [1.82, 2.24) is 14.9 Å². The Hall–Kier alpha value is -1.69. The van der Waals surface area contributed by atoms with Crippen LogP contribution in [0.15, 0.2) is 10.9 Å². The maximum Gasteiger partial charge on any atom is 0.273 e. The van der Waals surface area contributed by atoms with Crippen molar-refractivity contribution in [2.24, 2.45) is 0 Å². The molecule has 3 aliphatic rings. The number of hydrogen-bond acceptors (Lipinski definition) is 4. The number of aromatic nitrogens is 2. The Labute approximate surface area is 109 Å². The summed E-state index contributed by atoms with van der Waals surface area (Å²) >= 11 is 0. The van der Waals surface area contributed by atoms with Gasteiger partial charge < -0.3 is 14.6 Å². The number of carbonyl (C=O) groups excluding carboxylic acids is 1. The van der Waals surface area contributed by atoms with E-state index in [-0.39, 0.29) is 29.3 Å². The van der Waals surface area contributed by atoms with E-state index in [1.54, 1.807) is 4.90 Å². The van der Waals surface area contributed by atoms with Crippen molar-refractivity contribution < 1.29 is 9.53 Å². The Bertz CT molecular complexity index is 593. The number of amides is 1. The first kappa shape index (κ1) is 11.2. The molecule has 6 nitrogen and oxygen atoms in total. The molecule has 2 atom stereocenters. The first-order chi connectivity index (χ1) is 9.20. The molecule has 1 aromatic rings. The predicted molar refractivity (Wildman–Crippen MR) is 66.0 cm³/mol. The molecule has 0 spiro atoms. The summed E-state index contributed by atoms with van der Waals surface area (Å²) in [7, 11) is 0. The smallest absolute Gasteiger partial charge is 0.273 e. The van der Waals surface area contributed by atoms with Gasteiger partial charge in [0.25, 0.3) is 11.5 Å². The van der Waals surface area contributed by atoms with Crippen LogP contribution in [-0.2, 0) is 4.74 Å². The monoisotopic (exact) mass is 261 g/mol. The summed E-state index contributed by atoms with van der Waals surface area (Å²) in [5.41, 5.74) is 0.0408. The van der Waals surface area contributed by atoms with Gasteiger partial charge in [0.15, 0.2) is 0 Å².